The summed E-state index contributed by atoms with van der Waals surface area (Å²) in [6.07, 6.45) is 3.16. The van der Waals surface area contributed by atoms with Gasteiger partial charge >= 0.3 is 5.97 Å². The van der Waals surface area contributed by atoms with Crippen LogP contribution in [0.25, 0.3) is 0 Å². The van der Waals surface area contributed by atoms with Crippen LogP contribution in [0.3, 0.4) is 0 Å². The van der Waals surface area contributed by atoms with E-state index in [2.05, 4.69) is 10.2 Å². The molecular formula is C10H20N4O3. The smallest absolute Gasteiger partial charge is 0.327 e. The van der Waals surface area contributed by atoms with Gasteiger partial charge in [-0.2, -0.15) is 0 Å². The number of piperidine rings is 1. The molecule has 0 radical (unpaired) electrons. The predicted molar refractivity (Wildman–Crippen MR) is 61.3 cm³/mol. The number of likely N-dealkylation sites (tertiary alicyclic amines) is 1. The summed E-state index contributed by atoms with van der Waals surface area (Å²) >= 11 is 0. The first-order valence-electron chi connectivity index (χ1n) is 5.80. The monoisotopic (exact) mass is 244 g/mol. The summed E-state index contributed by atoms with van der Waals surface area (Å²) in [7, 11) is 1.63. The molecule has 0 aliphatic carbocycles. The molecule has 1 saturated heterocycles. The molecule has 1 amide bonds. The maximum absolute atomic E-state index is 11.6. The average Bonchev–Trinajstić information content (AvgIpc) is 2.36. The van der Waals surface area contributed by atoms with Crippen molar-refractivity contribution in [3.8, 4) is 0 Å². The van der Waals surface area contributed by atoms with Gasteiger partial charge in [-0.15, -0.1) is 0 Å². The van der Waals surface area contributed by atoms with Crippen LogP contribution in [0.5, 0.6) is 0 Å². The Balaban J connectivity index is 2.42. The van der Waals surface area contributed by atoms with Crippen LogP contribution in [0.2, 0.25) is 0 Å². The first-order chi connectivity index (χ1) is 8.19. The van der Waals surface area contributed by atoms with Crippen molar-refractivity contribution in [2.75, 3.05) is 20.1 Å². The van der Waals surface area contributed by atoms with Crippen LogP contribution in [0.4, 0.5) is 0 Å². The molecule has 0 spiro atoms. The molecule has 0 aromatic heterocycles. The fourth-order valence-corrected chi connectivity index (χ4v) is 2.07. The topological polar surface area (TPSA) is 96.7 Å². The number of nitrogens with one attached hydrogen (secondary N) is 2. The second kappa shape index (κ2) is 7.21. The molecule has 7 heteroatoms. The average molecular weight is 244 g/mol. The maximum Gasteiger partial charge on any atom is 0.327 e. The Kier molecular flexibility index (Phi) is 5.88. The minimum absolute atomic E-state index is 0.00928. The van der Waals surface area contributed by atoms with Gasteiger partial charge in [-0.25, -0.2) is 5.84 Å². The van der Waals surface area contributed by atoms with Crippen LogP contribution in [-0.2, 0) is 14.4 Å². The molecule has 1 fully saturated rings. The minimum atomic E-state index is -0.422. The van der Waals surface area contributed by atoms with Gasteiger partial charge in [0, 0.05) is 13.6 Å². The van der Waals surface area contributed by atoms with Crippen LogP contribution in [-0.4, -0.2) is 43.0 Å². The molecule has 0 saturated carbocycles. The van der Waals surface area contributed by atoms with E-state index >= 15 is 0 Å². The third-order valence-electron chi connectivity index (χ3n) is 2.94. The molecular weight excluding hydrogens is 224 g/mol. The highest BCUT2D eigenvalue weighted by molar-refractivity contribution is 5.81. The molecule has 0 aromatic carbocycles. The number of carbonyl (C=O) groups excluding carboxylic acids is 2. The summed E-state index contributed by atoms with van der Waals surface area (Å²) < 4.78 is 0. The number of likely N-dealkylation sites (N-methyl/N-ethyl adjacent to an activating group) is 1. The highest BCUT2D eigenvalue weighted by atomic mass is 16.7. The standard InChI is InChI=1S/C10H20N4O3/c1-12-10(16)8-4-2-3-6-14(8)7-5-9(15)17-13-11/h8,13H,2-7,11H2,1H3,(H,12,16). The number of hydrazine groups is 1. The van der Waals surface area contributed by atoms with E-state index in [-0.39, 0.29) is 18.4 Å². The lowest BCUT2D eigenvalue weighted by Gasteiger charge is -2.33. The molecule has 0 bridgehead atoms. The Hall–Kier alpha value is -1.18. The van der Waals surface area contributed by atoms with Gasteiger partial charge in [0.25, 0.3) is 0 Å². The van der Waals surface area contributed by atoms with E-state index < -0.39 is 5.97 Å². The minimum Gasteiger partial charge on any atom is -0.358 e. The van der Waals surface area contributed by atoms with E-state index in [9.17, 15) is 9.59 Å². The van der Waals surface area contributed by atoms with Crippen LogP contribution in [0, 0.1) is 0 Å². The quantitative estimate of drug-likeness (QED) is 0.419. The van der Waals surface area contributed by atoms with E-state index in [1.807, 2.05) is 10.5 Å². The third kappa shape index (κ3) is 4.29. The predicted octanol–water partition coefficient (Wildman–Crippen LogP) is -1.10. The van der Waals surface area contributed by atoms with E-state index in [4.69, 9.17) is 5.84 Å². The van der Waals surface area contributed by atoms with Crippen molar-refractivity contribution in [2.24, 2.45) is 5.84 Å². The van der Waals surface area contributed by atoms with Gasteiger partial charge < -0.3 is 10.2 Å². The van der Waals surface area contributed by atoms with Gasteiger partial charge in [-0.05, 0) is 19.4 Å². The van der Waals surface area contributed by atoms with Crippen molar-refractivity contribution < 1.29 is 14.4 Å². The Morgan fingerprint density at radius 3 is 2.88 bits per heavy atom. The Morgan fingerprint density at radius 2 is 2.24 bits per heavy atom. The van der Waals surface area contributed by atoms with E-state index in [1.165, 1.54) is 0 Å². The van der Waals surface area contributed by atoms with Crippen molar-refractivity contribution in [3.63, 3.8) is 0 Å². The molecule has 1 atom stereocenters. The SMILES string of the molecule is CNC(=O)C1CCCCN1CCC(=O)ONN. The van der Waals surface area contributed by atoms with Crippen LogP contribution in [0.1, 0.15) is 25.7 Å². The van der Waals surface area contributed by atoms with Crippen LogP contribution >= 0.6 is 0 Å². The van der Waals surface area contributed by atoms with Crippen molar-refractivity contribution in [1.29, 1.82) is 0 Å². The van der Waals surface area contributed by atoms with E-state index in [1.54, 1.807) is 7.05 Å². The third-order valence-corrected chi connectivity index (χ3v) is 2.94. The number of nitrogens with zero attached hydrogens (tertiary/aromatic N) is 1. The number of hydrogen-bond acceptors (Lipinski definition) is 6. The van der Waals surface area contributed by atoms with Crippen molar-refractivity contribution >= 4 is 11.9 Å². The highest BCUT2D eigenvalue weighted by Gasteiger charge is 2.28. The largest absolute Gasteiger partial charge is 0.358 e. The summed E-state index contributed by atoms with van der Waals surface area (Å²) in [5, 5.41) is 2.65. The molecule has 1 heterocycles. The van der Waals surface area contributed by atoms with Gasteiger partial charge in [-0.1, -0.05) is 12.0 Å². The molecule has 1 aliphatic rings. The number of hydrogen-bond donors (Lipinski definition) is 3. The normalized spacial score (nSPS) is 20.9. The Labute approximate surface area is 101 Å². The lowest BCUT2D eigenvalue weighted by molar-refractivity contribution is -0.152. The highest BCUT2D eigenvalue weighted by Crippen LogP contribution is 2.17. The number of carbonyl (C=O) groups is 2. The number of amides is 1. The zero-order valence-electron chi connectivity index (χ0n) is 10.1. The summed E-state index contributed by atoms with van der Waals surface area (Å²) in [6, 6.07) is -0.132. The summed E-state index contributed by atoms with van der Waals surface area (Å²) in [5.41, 5.74) is 1.85. The zero-order chi connectivity index (χ0) is 12.7. The van der Waals surface area contributed by atoms with Gasteiger partial charge in [0.05, 0.1) is 12.5 Å². The fourth-order valence-electron chi connectivity index (χ4n) is 2.07. The van der Waals surface area contributed by atoms with Crippen molar-refractivity contribution in [3.05, 3.63) is 0 Å². The second-order valence-corrected chi connectivity index (χ2v) is 4.00. The Bertz CT molecular complexity index is 272. The van der Waals surface area contributed by atoms with Crippen molar-refractivity contribution in [1.82, 2.24) is 15.8 Å². The molecule has 17 heavy (non-hydrogen) atoms. The van der Waals surface area contributed by atoms with Gasteiger partial charge in [-0.3, -0.25) is 14.5 Å². The molecule has 1 aliphatic heterocycles. The summed E-state index contributed by atoms with van der Waals surface area (Å²) in [4.78, 5) is 29.2. The van der Waals surface area contributed by atoms with Crippen molar-refractivity contribution in [2.45, 2.75) is 31.7 Å². The number of nitrogens with two attached hydrogens (primary N) is 1. The van der Waals surface area contributed by atoms with Gasteiger partial charge in [0.15, 0.2) is 0 Å². The van der Waals surface area contributed by atoms with Crippen LogP contribution in [0.15, 0.2) is 0 Å². The molecule has 1 unspecified atom stereocenters. The summed E-state index contributed by atoms with van der Waals surface area (Å²) in [6.45, 7) is 1.35. The molecule has 4 N–H and O–H groups in total. The fraction of sp³-hybridized carbons (Fsp3) is 0.800. The Morgan fingerprint density at radius 1 is 1.47 bits per heavy atom. The van der Waals surface area contributed by atoms with Crippen LogP contribution < -0.4 is 16.7 Å². The molecule has 1 rings (SSSR count). The number of rotatable bonds is 5. The lowest BCUT2D eigenvalue weighted by Crippen LogP contribution is -2.49. The van der Waals surface area contributed by atoms with Gasteiger partial charge in [0.1, 0.15) is 0 Å². The zero-order valence-corrected chi connectivity index (χ0v) is 10.1. The maximum atomic E-state index is 11.6. The summed E-state index contributed by atoms with van der Waals surface area (Å²) in [5.74, 6) is 4.45. The van der Waals surface area contributed by atoms with E-state index in [0.29, 0.717) is 6.54 Å². The molecule has 7 nitrogen and oxygen atoms in total. The second-order valence-electron chi connectivity index (χ2n) is 4.00. The van der Waals surface area contributed by atoms with Gasteiger partial charge in [0.2, 0.25) is 5.91 Å². The first-order valence-corrected chi connectivity index (χ1v) is 5.80. The molecule has 0 aromatic rings. The lowest BCUT2D eigenvalue weighted by atomic mass is 10.0. The molecule has 98 valence electrons. The van der Waals surface area contributed by atoms with E-state index in [0.717, 1.165) is 25.8 Å². The first kappa shape index (κ1) is 13.9.